The van der Waals surface area contributed by atoms with Gasteiger partial charge in [-0.25, -0.2) is 4.98 Å². The third kappa shape index (κ3) is 3.97. The largest absolute Gasteiger partial charge is 0.437 e. The minimum absolute atomic E-state index is 0.0115. The summed E-state index contributed by atoms with van der Waals surface area (Å²) in [6.07, 6.45) is 8.64. The standard InChI is InChI=1S/C20H21N5O2/c1-24-13-16(10-22-24)20(26)25-9-5-6-15(14-25)18-11-21-12-19(23-18)27-17-7-3-2-4-8-17/h2-4,7-8,10-13,15H,5-6,9,14H2,1H3/t15-/m1/s1. The van der Waals surface area contributed by atoms with Crippen LogP contribution in [-0.4, -0.2) is 43.6 Å². The van der Waals surface area contributed by atoms with E-state index in [0.717, 1.165) is 30.8 Å². The molecule has 4 rings (SSSR count). The molecule has 3 aromatic rings. The molecule has 138 valence electrons. The molecule has 27 heavy (non-hydrogen) atoms. The average molecular weight is 363 g/mol. The van der Waals surface area contributed by atoms with Crippen molar-refractivity contribution in [3.8, 4) is 11.6 Å². The number of ether oxygens (including phenoxy) is 1. The van der Waals surface area contributed by atoms with Gasteiger partial charge in [0, 0.05) is 38.4 Å². The van der Waals surface area contributed by atoms with Gasteiger partial charge in [-0.1, -0.05) is 18.2 Å². The Kier molecular flexibility index (Phi) is 4.82. The Morgan fingerprint density at radius 1 is 1.19 bits per heavy atom. The lowest BCUT2D eigenvalue weighted by atomic mass is 9.94. The zero-order valence-electron chi connectivity index (χ0n) is 15.2. The molecule has 1 atom stereocenters. The molecule has 1 fully saturated rings. The SMILES string of the molecule is Cn1cc(C(=O)N2CCC[C@@H](c3cncc(Oc4ccccc4)n3)C2)cn1. The van der Waals surface area contributed by atoms with Gasteiger partial charge in [-0.05, 0) is 25.0 Å². The van der Waals surface area contributed by atoms with Gasteiger partial charge in [-0.3, -0.25) is 14.5 Å². The molecule has 0 unspecified atom stereocenters. The average Bonchev–Trinajstić information content (AvgIpc) is 3.15. The van der Waals surface area contributed by atoms with E-state index in [-0.39, 0.29) is 11.8 Å². The molecule has 1 aromatic carbocycles. The smallest absolute Gasteiger partial charge is 0.257 e. The Labute approximate surface area is 157 Å². The summed E-state index contributed by atoms with van der Waals surface area (Å²) in [5.41, 5.74) is 1.47. The molecule has 7 nitrogen and oxygen atoms in total. The van der Waals surface area contributed by atoms with Gasteiger partial charge in [0.25, 0.3) is 5.91 Å². The third-order valence-corrected chi connectivity index (χ3v) is 4.68. The van der Waals surface area contributed by atoms with Gasteiger partial charge in [-0.15, -0.1) is 0 Å². The topological polar surface area (TPSA) is 73.1 Å². The number of carbonyl (C=O) groups is 1. The minimum Gasteiger partial charge on any atom is -0.437 e. The minimum atomic E-state index is 0.0115. The van der Waals surface area contributed by atoms with Crippen molar-refractivity contribution in [2.45, 2.75) is 18.8 Å². The highest BCUT2D eigenvalue weighted by Crippen LogP contribution is 2.28. The summed E-state index contributed by atoms with van der Waals surface area (Å²) in [6, 6.07) is 9.52. The van der Waals surface area contributed by atoms with Crippen LogP contribution in [0.25, 0.3) is 0 Å². The van der Waals surface area contributed by atoms with Crippen molar-refractivity contribution in [2.75, 3.05) is 13.1 Å². The number of piperidine rings is 1. The molecular formula is C20H21N5O2. The van der Waals surface area contributed by atoms with E-state index in [9.17, 15) is 4.79 Å². The first-order valence-electron chi connectivity index (χ1n) is 9.02. The first kappa shape index (κ1) is 17.2. The molecule has 2 aromatic heterocycles. The highest BCUT2D eigenvalue weighted by molar-refractivity contribution is 5.93. The molecule has 0 spiro atoms. The van der Waals surface area contributed by atoms with Crippen molar-refractivity contribution in [3.05, 3.63) is 66.4 Å². The van der Waals surface area contributed by atoms with E-state index in [0.29, 0.717) is 18.0 Å². The molecule has 1 amide bonds. The molecule has 0 radical (unpaired) electrons. The summed E-state index contributed by atoms with van der Waals surface area (Å²) in [6.45, 7) is 1.37. The summed E-state index contributed by atoms with van der Waals surface area (Å²) >= 11 is 0. The first-order valence-corrected chi connectivity index (χ1v) is 9.02. The van der Waals surface area contributed by atoms with Crippen LogP contribution in [0.1, 0.15) is 34.8 Å². The maximum atomic E-state index is 12.7. The van der Waals surface area contributed by atoms with E-state index in [4.69, 9.17) is 4.74 Å². The number of carbonyl (C=O) groups excluding carboxylic acids is 1. The fourth-order valence-electron chi connectivity index (χ4n) is 3.33. The Balaban J connectivity index is 1.48. The molecule has 0 aliphatic carbocycles. The molecule has 7 heteroatoms. The number of rotatable bonds is 4. The van der Waals surface area contributed by atoms with Crippen molar-refractivity contribution >= 4 is 5.91 Å². The Morgan fingerprint density at radius 3 is 2.81 bits per heavy atom. The number of hydrogen-bond acceptors (Lipinski definition) is 5. The molecule has 0 saturated carbocycles. The van der Waals surface area contributed by atoms with Gasteiger partial charge < -0.3 is 9.64 Å². The number of benzene rings is 1. The van der Waals surface area contributed by atoms with Crippen molar-refractivity contribution in [3.63, 3.8) is 0 Å². The van der Waals surface area contributed by atoms with E-state index in [1.165, 1.54) is 0 Å². The quantitative estimate of drug-likeness (QED) is 0.712. The Hall–Kier alpha value is -3.22. The number of amides is 1. The van der Waals surface area contributed by atoms with E-state index in [1.807, 2.05) is 42.3 Å². The summed E-state index contributed by atoms with van der Waals surface area (Å²) in [5, 5.41) is 4.09. The van der Waals surface area contributed by atoms with Crippen LogP contribution < -0.4 is 4.74 Å². The molecule has 0 N–H and O–H groups in total. The van der Waals surface area contributed by atoms with Gasteiger partial charge in [0.15, 0.2) is 0 Å². The van der Waals surface area contributed by atoms with Crippen LogP contribution in [0.2, 0.25) is 0 Å². The summed E-state index contributed by atoms with van der Waals surface area (Å²) in [7, 11) is 1.81. The van der Waals surface area contributed by atoms with E-state index in [1.54, 1.807) is 29.5 Å². The number of nitrogens with zero attached hydrogens (tertiary/aromatic N) is 5. The van der Waals surface area contributed by atoms with Gasteiger partial charge >= 0.3 is 0 Å². The fraction of sp³-hybridized carbons (Fsp3) is 0.300. The molecule has 1 saturated heterocycles. The van der Waals surface area contributed by atoms with E-state index in [2.05, 4.69) is 15.1 Å². The number of aryl methyl sites for hydroxylation is 1. The molecule has 1 aliphatic rings. The highest BCUT2D eigenvalue weighted by atomic mass is 16.5. The first-order chi connectivity index (χ1) is 13.2. The fourth-order valence-corrected chi connectivity index (χ4v) is 3.33. The number of aromatic nitrogens is 4. The van der Waals surface area contributed by atoms with E-state index < -0.39 is 0 Å². The normalized spacial score (nSPS) is 16.9. The lowest BCUT2D eigenvalue weighted by Gasteiger charge is -2.32. The van der Waals surface area contributed by atoms with Gasteiger partial charge in [0.1, 0.15) is 5.75 Å². The van der Waals surface area contributed by atoms with Crippen LogP contribution in [0.15, 0.2) is 55.1 Å². The van der Waals surface area contributed by atoms with Crippen LogP contribution in [-0.2, 0) is 7.05 Å². The number of hydrogen-bond donors (Lipinski definition) is 0. The summed E-state index contributed by atoms with van der Waals surface area (Å²) in [5.74, 6) is 1.35. The second-order valence-corrected chi connectivity index (χ2v) is 6.69. The lowest BCUT2D eigenvalue weighted by molar-refractivity contribution is 0.0705. The number of likely N-dealkylation sites (tertiary alicyclic amines) is 1. The van der Waals surface area contributed by atoms with Crippen LogP contribution in [0.3, 0.4) is 0 Å². The monoisotopic (exact) mass is 363 g/mol. The van der Waals surface area contributed by atoms with Crippen LogP contribution in [0.4, 0.5) is 0 Å². The number of para-hydroxylation sites is 1. The van der Waals surface area contributed by atoms with Crippen LogP contribution in [0, 0.1) is 0 Å². The summed E-state index contributed by atoms with van der Waals surface area (Å²) < 4.78 is 7.43. The van der Waals surface area contributed by atoms with Crippen LogP contribution >= 0.6 is 0 Å². The summed E-state index contributed by atoms with van der Waals surface area (Å²) in [4.78, 5) is 23.5. The van der Waals surface area contributed by atoms with E-state index >= 15 is 0 Å². The second kappa shape index (κ2) is 7.57. The van der Waals surface area contributed by atoms with Gasteiger partial charge in [0.05, 0.1) is 23.7 Å². The maximum Gasteiger partial charge on any atom is 0.257 e. The van der Waals surface area contributed by atoms with Crippen molar-refractivity contribution in [1.29, 1.82) is 0 Å². The van der Waals surface area contributed by atoms with Gasteiger partial charge in [-0.2, -0.15) is 5.10 Å². The predicted molar refractivity (Wildman–Crippen MR) is 99.6 cm³/mol. The third-order valence-electron chi connectivity index (χ3n) is 4.68. The zero-order valence-corrected chi connectivity index (χ0v) is 15.2. The van der Waals surface area contributed by atoms with Crippen molar-refractivity contribution in [1.82, 2.24) is 24.6 Å². The van der Waals surface area contributed by atoms with Crippen LogP contribution in [0.5, 0.6) is 11.6 Å². The Morgan fingerprint density at radius 2 is 2.04 bits per heavy atom. The van der Waals surface area contributed by atoms with Crippen molar-refractivity contribution in [2.24, 2.45) is 7.05 Å². The maximum absolute atomic E-state index is 12.7. The highest BCUT2D eigenvalue weighted by Gasteiger charge is 2.27. The molecule has 3 heterocycles. The van der Waals surface area contributed by atoms with Gasteiger partial charge in [0.2, 0.25) is 5.88 Å². The molecule has 0 bridgehead atoms. The molecule has 1 aliphatic heterocycles. The lowest BCUT2D eigenvalue weighted by Crippen LogP contribution is -2.39. The predicted octanol–water partition coefficient (Wildman–Crippen LogP) is 3.02. The second-order valence-electron chi connectivity index (χ2n) is 6.69. The Bertz CT molecular complexity index is 925. The van der Waals surface area contributed by atoms with Crippen molar-refractivity contribution < 1.29 is 9.53 Å². The zero-order chi connectivity index (χ0) is 18.6. The molecular weight excluding hydrogens is 342 g/mol.